The van der Waals surface area contributed by atoms with Gasteiger partial charge >= 0.3 is 5.97 Å². The van der Waals surface area contributed by atoms with Crippen LogP contribution in [0.4, 0.5) is 0 Å². The third kappa shape index (κ3) is 4.33. The van der Waals surface area contributed by atoms with Crippen molar-refractivity contribution < 1.29 is 14.7 Å². The number of hydrogen-bond donors (Lipinski definition) is 2. The Bertz CT molecular complexity index is 463. The summed E-state index contributed by atoms with van der Waals surface area (Å²) < 4.78 is 0. The van der Waals surface area contributed by atoms with E-state index in [-0.39, 0.29) is 11.8 Å². The Balaban J connectivity index is 2.60. The fraction of sp³-hybridized carbons (Fsp3) is 0.385. The van der Waals surface area contributed by atoms with Gasteiger partial charge in [0.2, 0.25) is 5.91 Å². The summed E-state index contributed by atoms with van der Waals surface area (Å²) in [6, 6.07) is 3.03. The van der Waals surface area contributed by atoms with E-state index in [0.29, 0.717) is 0 Å². The first kappa shape index (κ1) is 14.4. The molecule has 0 saturated carbocycles. The van der Waals surface area contributed by atoms with E-state index in [2.05, 4.69) is 5.32 Å². The Hall–Kier alpha value is -1.62. The third-order valence-corrected chi connectivity index (χ3v) is 3.36. The van der Waals surface area contributed by atoms with Gasteiger partial charge in [-0.3, -0.25) is 4.79 Å². The van der Waals surface area contributed by atoms with Crippen molar-refractivity contribution in [2.24, 2.45) is 5.92 Å². The zero-order chi connectivity index (χ0) is 13.7. The van der Waals surface area contributed by atoms with Crippen LogP contribution in [0.15, 0.2) is 18.2 Å². The minimum atomic E-state index is -1.02. The van der Waals surface area contributed by atoms with Gasteiger partial charge in [0.15, 0.2) is 0 Å². The molecule has 1 amide bonds. The van der Waals surface area contributed by atoms with Crippen molar-refractivity contribution in [3.8, 4) is 0 Å². The Morgan fingerprint density at radius 1 is 1.39 bits per heavy atom. The number of hydrogen-bond acceptors (Lipinski definition) is 3. The molecule has 4 nitrogen and oxygen atoms in total. The van der Waals surface area contributed by atoms with Crippen molar-refractivity contribution in [1.82, 2.24) is 5.32 Å². The molecular formula is C13H17NO3S. The van der Waals surface area contributed by atoms with Crippen LogP contribution in [0.1, 0.15) is 23.6 Å². The molecule has 1 atom stereocenters. The highest BCUT2D eigenvalue weighted by molar-refractivity contribution is 7.12. The molecule has 1 aromatic heterocycles. The summed E-state index contributed by atoms with van der Waals surface area (Å²) in [6.07, 6.45) is 3.05. The van der Waals surface area contributed by atoms with E-state index < -0.39 is 12.0 Å². The Labute approximate surface area is 110 Å². The standard InChI is InChI=1S/C13H17NO3S/c1-8(2)12(13(16)17)14-11(15)7-6-10-5-4-9(3)18-10/h4-8,12H,1-3H3,(H,14,15)(H,16,17)/t12-/m1/s1. The van der Waals surface area contributed by atoms with E-state index in [4.69, 9.17) is 5.11 Å². The van der Waals surface area contributed by atoms with Crippen LogP contribution in [-0.2, 0) is 9.59 Å². The van der Waals surface area contributed by atoms with Crippen molar-refractivity contribution >= 4 is 29.3 Å². The number of carbonyl (C=O) groups excluding carboxylic acids is 1. The first-order chi connectivity index (χ1) is 8.40. The van der Waals surface area contributed by atoms with Crippen LogP contribution in [0.25, 0.3) is 6.08 Å². The lowest BCUT2D eigenvalue weighted by Gasteiger charge is -2.16. The van der Waals surface area contributed by atoms with Gasteiger partial charge in [0, 0.05) is 15.8 Å². The second kappa shape index (κ2) is 6.35. The summed E-state index contributed by atoms with van der Waals surface area (Å²) in [6.45, 7) is 5.50. The highest BCUT2D eigenvalue weighted by Crippen LogP contribution is 2.16. The first-order valence-electron chi connectivity index (χ1n) is 5.68. The van der Waals surface area contributed by atoms with Gasteiger partial charge in [-0.2, -0.15) is 0 Å². The summed E-state index contributed by atoms with van der Waals surface area (Å²) in [4.78, 5) is 24.6. The minimum Gasteiger partial charge on any atom is -0.480 e. The summed E-state index contributed by atoms with van der Waals surface area (Å²) >= 11 is 1.58. The van der Waals surface area contributed by atoms with E-state index in [9.17, 15) is 9.59 Å². The van der Waals surface area contributed by atoms with Gasteiger partial charge in [0.1, 0.15) is 6.04 Å². The quantitative estimate of drug-likeness (QED) is 0.804. The largest absolute Gasteiger partial charge is 0.480 e. The maximum absolute atomic E-state index is 11.6. The number of amides is 1. The number of carboxylic acid groups (broad SMARTS) is 1. The summed E-state index contributed by atoms with van der Waals surface area (Å²) in [5, 5.41) is 11.4. The van der Waals surface area contributed by atoms with Crippen LogP contribution in [0, 0.1) is 12.8 Å². The van der Waals surface area contributed by atoms with Crippen molar-refractivity contribution in [2.75, 3.05) is 0 Å². The molecule has 0 spiro atoms. The van der Waals surface area contributed by atoms with Crippen molar-refractivity contribution in [3.05, 3.63) is 28.0 Å². The van der Waals surface area contributed by atoms with Crippen LogP contribution >= 0.6 is 11.3 Å². The molecule has 0 bridgehead atoms. The highest BCUT2D eigenvalue weighted by atomic mass is 32.1. The smallest absolute Gasteiger partial charge is 0.326 e. The molecule has 0 aromatic carbocycles. The van der Waals surface area contributed by atoms with Crippen molar-refractivity contribution in [2.45, 2.75) is 26.8 Å². The summed E-state index contributed by atoms with van der Waals surface area (Å²) in [5.74, 6) is -1.55. The van der Waals surface area contributed by atoms with Crippen molar-refractivity contribution in [1.29, 1.82) is 0 Å². The number of carboxylic acids is 1. The van der Waals surface area contributed by atoms with Gasteiger partial charge < -0.3 is 10.4 Å². The maximum Gasteiger partial charge on any atom is 0.326 e. The number of rotatable bonds is 5. The van der Waals surface area contributed by atoms with Crippen LogP contribution in [0.5, 0.6) is 0 Å². The van der Waals surface area contributed by atoms with Gasteiger partial charge in [-0.1, -0.05) is 13.8 Å². The molecule has 98 valence electrons. The Morgan fingerprint density at radius 3 is 2.50 bits per heavy atom. The van der Waals surface area contributed by atoms with E-state index in [0.717, 1.165) is 4.88 Å². The molecule has 0 aliphatic carbocycles. The van der Waals surface area contributed by atoms with Gasteiger partial charge in [0.05, 0.1) is 0 Å². The van der Waals surface area contributed by atoms with Gasteiger partial charge in [0.25, 0.3) is 0 Å². The van der Waals surface area contributed by atoms with Crippen LogP contribution in [0.2, 0.25) is 0 Å². The lowest BCUT2D eigenvalue weighted by molar-refractivity contribution is -0.142. The molecule has 1 rings (SSSR count). The van der Waals surface area contributed by atoms with E-state index in [1.807, 2.05) is 19.1 Å². The van der Waals surface area contributed by atoms with Gasteiger partial charge in [-0.05, 0) is 31.1 Å². The molecular weight excluding hydrogens is 250 g/mol. The Morgan fingerprint density at radius 2 is 2.06 bits per heavy atom. The maximum atomic E-state index is 11.6. The number of aliphatic carboxylic acids is 1. The second-order valence-electron chi connectivity index (χ2n) is 4.35. The zero-order valence-corrected chi connectivity index (χ0v) is 11.5. The fourth-order valence-corrected chi connectivity index (χ4v) is 2.20. The molecule has 1 heterocycles. The molecule has 18 heavy (non-hydrogen) atoms. The fourth-order valence-electron chi connectivity index (χ4n) is 1.42. The monoisotopic (exact) mass is 267 g/mol. The molecule has 5 heteroatoms. The average molecular weight is 267 g/mol. The van der Waals surface area contributed by atoms with E-state index >= 15 is 0 Å². The van der Waals surface area contributed by atoms with E-state index in [1.54, 1.807) is 31.3 Å². The molecule has 0 unspecified atom stereocenters. The first-order valence-corrected chi connectivity index (χ1v) is 6.49. The SMILES string of the molecule is Cc1ccc(C=CC(=O)N[C@@H](C(=O)O)C(C)C)s1. The molecule has 0 saturated heterocycles. The van der Waals surface area contributed by atoms with E-state index in [1.165, 1.54) is 11.0 Å². The number of nitrogens with one attached hydrogen (secondary N) is 1. The molecule has 0 aliphatic heterocycles. The molecule has 0 radical (unpaired) electrons. The number of aryl methyl sites for hydroxylation is 1. The molecule has 0 aliphatic rings. The number of carbonyl (C=O) groups is 2. The number of thiophene rings is 1. The molecule has 2 N–H and O–H groups in total. The zero-order valence-electron chi connectivity index (χ0n) is 10.6. The highest BCUT2D eigenvalue weighted by Gasteiger charge is 2.22. The van der Waals surface area contributed by atoms with Crippen LogP contribution in [-0.4, -0.2) is 23.0 Å². The normalized spacial score (nSPS) is 12.9. The van der Waals surface area contributed by atoms with Crippen molar-refractivity contribution in [3.63, 3.8) is 0 Å². The molecule has 1 aromatic rings. The molecule has 0 fully saturated rings. The van der Waals surface area contributed by atoms with Gasteiger partial charge in [-0.25, -0.2) is 4.79 Å². The lowest BCUT2D eigenvalue weighted by Crippen LogP contribution is -2.43. The van der Waals surface area contributed by atoms with Crippen LogP contribution < -0.4 is 5.32 Å². The predicted octanol–water partition coefficient (Wildman–Crippen LogP) is 2.30. The van der Waals surface area contributed by atoms with Crippen LogP contribution in [0.3, 0.4) is 0 Å². The lowest BCUT2D eigenvalue weighted by atomic mass is 10.0. The Kier molecular flexibility index (Phi) is 5.09. The topological polar surface area (TPSA) is 66.4 Å². The van der Waals surface area contributed by atoms with Gasteiger partial charge in [-0.15, -0.1) is 11.3 Å². The average Bonchev–Trinajstić information content (AvgIpc) is 2.68. The predicted molar refractivity (Wildman–Crippen MR) is 72.5 cm³/mol. The minimum absolute atomic E-state index is 0.149. The summed E-state index contributed by atoms with van der Waals surface area (Å²) in [5.41, 5.74) is 0. The second-order valence-corrected chi connectivity index (χ2v) is 5.67. The third-order valence-electron chi connectivity index (χ3n) is 2.39. The summed E-state index contributed by atoms with van der Waals surface area (Å²) in [7, 11) is 0.